The highest BCUT2D eigenvalue weighted by Gasteiger charge is 2.42. The summed E-state index contributed by atoms with van der Waals surface area (Å²) in [5, 5.41) is 10.6. The fraction of sp³-hybridized carbons (Fsp3) is 0.529. The zero-order valence-corrected chi connectivity index (χ0v) is 14.0. The minimum absolute atomic E-state index is 0.0454. The maximum Gasteiger partial charge on any atom is 0.308 e. The number of benzene rings is 1. The second-order valence-electron chi connectivity index (χ2n) is 5.58. The van der Waals surface area contributed by atoms with Gasteiger partial charge in [-0.25, -0.2) is 8.78 Å². The van der Waals surface area contributed by atoms with Crippen molar-refractivity contribution in [3.05, 3.63) is 35.4 Å². The topological polar surface area (TPSA) is 72.8 Å². The maximum atomic E-state index is 14.0. The molecule has 1 aromatic rings. The Balaban J connectivity index is 3.13. The number of hydrogen-bond acceptors (Lipinski definition) is 5. The van der Waals surface area contributed by atoms with Crippen LogP contribution < -0.4 is 0 Å². The van der Waals surface area contributed by atoms with Crippen LogP contribution in [0.5, 0.6) is 0 Å². The van der Waals surface area contributed by atoms with Crippen LogP contribution in [0.1, 0.15) is 52.0 Å². The Hall–Kier alpha value is -2.02. The van der Waals surface area contributed by atoms with Crippen LogP contribution >= 0.6 is 0 Å². The third kappa shape index (κ3) is 5.26. The van der Waals surface area contributed by atoms with Crippen molar-refractivity contribution in [2.75, 3.05) is 0 Å². The van der Waals surface area contributed by atoms with Gasteiger partial charge in [0.05, 0.1) is 0 Å². The molecule has 1 rings (SSSR count). The average Bonchev–Trinajstić information content (AvgIpc) is 2.46. The lowest BCUT2D eigenvalue weighted by Crippen LogP contribution is -2.43. The molecule has 0 saturated carbocycles. The highest BCUT2D eigenvalue weighted by Crippen LogP contribution is 2.31. The van der Waals surface area contributed by atoms with Gasteiger partial charge in [-0.1, -0.05) is 19.9 Å². The second-order valence-corrected chi connectivity index (χ2v) is 5.58. The minimum atomic E-state index is -2.18. The van der Waals surface area contributed by atoms with Crippen molar-refractivity contribution in [1.29, 1.82) is 0 Å². The summed E-state index contributed by atoms with van der Waals surface area (Å²) in [6.07, 6.45) is -0.674. The number of carbonyl (C=O) groups excluding carboxylic acids is 2. The molecule has 0 amide bonds. The highest BCUT2D eigenvalue weighted by atomic mass is 19.1. The van der Waals surface area contributed by atoms with Crippen LogP contribution in [0.25, 0.3) is 0 Å². The summed E-state index contributed by atoms with van der Waals surface area (Å²) in [6, 6.07) is 2.55. The van der Waals surface area contributed by atoms with Crippen molar-refractivity contribution in [3.63, 3.8) is 0 Å². The van der Waals surface area contributed by atoms with Gasteiger partial charge in [0, 0.05) is 24.5 Å². The molecule has 0 aliphatic heterocycles. The van der Waals surface area contributed by atoms with Gasteiger partial charge in [0.15, 0.2) is 5.60 Å². The molecule has 0 aliphatic rings. The first-order chi connectivity index (χ1) is 11.2. The van der Waals surface area contributed by atoms with E-state index in [1.165, 1.54) is 0 Å². The van der Waals surface area contributed by atoms with E-state index >= 15 is 0 Å². The van der Waals surface area contributed by atoms with Gasteiger partial charge in [0.25, 0.3) is 6.29 Å². The average molecular weight is 344 g/mol. The van der Waals surface area contributed by atoms with Gasteiger partial charge in [-0.05, 0) is 25.8 Å². The van der Waals surface area contributed by atoms with E-state index in [-0.39, 0.29) is 18.4 Å². The molecule has 0 aliphatic carbocycles. The number of carbonyl (C=O) groups is 2. The quantitative estimate of drug-likeness (QED) is 0.579. The first-order valence-electron chi connectivity index (χ1n) is 7.79. The second kappa shape index (κ2) is 8.73. The lowest BCUT2D eigenvalue weighted by atomic mass is 9.94. The normalized spacial score (nSPS) is 13.5. The molecular formula is C17H22F2O5. The summed E-state index contributed by atoms with van der Waals surface area (Å²) in [5.74, 6) is -3.26. The smallest absolute Gasteiger partial charge is 0.308 e. The molecule has 1 unspecified atom stereocenters. The summed E-state index contributed by atoms with van der Waals surface area (Å²) >= 11 is 0. The molecule has 0 bridgehead atoms. The Kier molecular flexibility index (Phi) is 7.28. The van der Waals surface area contributed by atoms with Crippen LogP contribution in [0.3, 0.4) is 0 Å². The lowest BCUT2D eigenvalue weighted by Gasteiger charge is -2.32. The largest absolute Gasteiger partial charge is 0.422 e. The first kappa shape index (κ1) is 20.0. The summed E-state index contributed by atoms with van der Waals surface area (Å²) in [7, 11) is 0. The van der Waals surface area contributed by atoms with Gasteiger partial charge in [-0.2, -0.15) is 0 Å². The fourth-order valence-corrected chi connectivity index (χ4v) is 2.05. The summed E-state index contributed by atoms with van der Waals surface area (Å²) < 4.78 is 37.1. The Morgan fingerprint density at radius 3 is 2.04 bits per heavy atom. The summed E-state index contributed by atoms with van der Waals surface area (Å²) in [4.78, 5) is 23.5. The van der Waals surface area contributed by atoms with E-state index in [2.05, 4.69) is 0 Å². The number of ether oxygens (including phenoxy) is 2. The minimum Gasteiger partial charge on any atom is -0.422 e. The molecule has 0 aromatic heterocycles. The van der Waals surface area contributed by atoms with E-state index in [0.29, 0.717) is 18.9 Å². The fourth-order valence-electron chi connectivity index (χ4n) is 2.05. The molecule has 0 heterocycles. The van der Waals surface area contributed by atoms with Crippen LogP contribution in [0.15, 0.2) is 18.2 Å². The predicted molar refractivity (Wildman–Crippen MR) is 81.7 cm³/mol. The van der Waals surface area contributed by atoms with Gasteiger partial charge in [0.1, 0.15) is 11.6 Å². The monoisotopic (exact) mass is 344 g/mol. The first-order valence-corrected chi connectivity index (χ1v) is 7.79. The molecular weight excluding hydrogens is 322 g/mol. The van der Waals surface area contributed by atoms with Gasteiger partial charge in [-0.15, -0.1) is 0 Å². The van der Waals surface area contributed by atoms with Crippen LogP contribution in [-0.2, 0) is 24.7 Å². The molecule has 1 N–H and O–H groups in total. The van der Waals surface area contributed by atoms with Gasteiger partial charge in [-0.3, -0.25) is 9.59 Å². The number of halogens is 2. The Morgan fingerprint density at radius 2 is 1.62 bits per heavy atom. The molecule has 0 radical (unpaired) electrons. The van der Waals surface area contributed by atoms with Crippen molar-refractivity contribution < 1.29 is 33.0 Å². The molecule has 24 heavy (non-hydrogen) atoms. The molecule has 0 fully saturated rings. The molecule has 1 aromatic carbocycles. The third-order valence-electron chi connectivity index (χ3n) is 3.32. The Bertz CT molecular complexity index is 566. The number of aliphatic hydroxyl groups is 1. The zero-order valence-electron chi connectivity index (χ0n) is 14.0. The predicted octanol–water partition coefficient (Wildman–Crippen LogP) is 3.19. The van der Waals surface area contributed by atoms with Gasteiger partial charge in [0.2, 0.25) is 0 Å². The van der Waals surface area contributed by atoms with Crippen molar-refractivity contribution in [2.24, 2.45) is 0 Å². The van der Waals surface area contributed by atoms with Crippen LogP contribution in [0.4, 0.5) is 8.78 Å². The molecule has 0 saturated heterocycles. The van der Waals surface area contributed by atoms with Crippen molar-refractivity contribution in [1.82, 2.24) is 0 Å². The number of esters is 2. The molecule has 7 heteroatoms. The Labute approximate surface area is 139 Å². The number of hydrogen-bond donors (Lipinski definition) is 1. The van der Waals surface area contributed by atoms with Crippen LogP contribution in [0, 0.1) is 11.6 Å². The van der Waals surface area contributed by atoms with Crippen LogP contribution in [0.2, 0.25) is 0 Å². The van der Waals surface area contributed by atoms with Crippen LogP contribution in [-0.4, -0.2) is 23.3 Å². The molecule has 5 nitrogen and oxygen atoms in total. The standard InChI is InChI=1S/C17H22F2O5/c1-4-6-14(20)23-16(24-15(21)7-5-2)17(3,22)12-9-8-11(18)10-13(12)19/h8-10,16,22H,4-7H2,1-3H3. The van der Waals surface area contributed by atoms with Crippen molar-refractivity contribution in [3.8, 4) is 0 Å². The van der Waals surface area contributed by atoms with Crippen molar-refractivity contribution in [2.45, 2.75) is 58.3 Å². The molecule has 134 valence electrons. The van der Waals surface area contributed by atoms with E-state index < -0.39 is 35.5 Å². The third-order valence-corrected chi connectivity index (χ3v) is 3.32. The zero-order chi connectivity index (χ0) is 18.3. The number of rotatable bonds is 8. The van der Waals surface area contributed by atoms with E-state index in [4.69, 9.17) is 9.47 Å². The molecule has 0 spiro atoms. The maximum absolute atomic E-state index is 14.0. The highest BCUT2D eigenvalue weighted by molar-refractivity contribution is 5.71. The Morgan fingerprint density at radius 1 is 1.12 bits per heavy atom. The summed E-state index contributed by atoms with van der Waals surface area (Å²) in [5.41, 5.74) is -2.52. The van der Waals surface area contributed by atoms with Crippen molar-refractivity contribution >= 4 is 11.9 Å². The SMILES string of the molecule is CCCC(=O)OC(OC(=O)CCC)C(C)(O)c1ccc(F)cc1F. The molecule has 1 atom stereocenters. The van der Waals surface area contributed by atoms with E-state index in [0.717, 1.165) is 19.1 Å². The lowest BCUT2D eigenvalue weighted by molar-refractivity contribution is -0.231. The van der Waals surface area contributed by atoms with E-state index in [1.54, 1.807) is 13.8 Å². The summed E-state index contributed by atoms with van der Waals surface area (Å²) in [6.45, 7) is 4.63. The van der Waals surface area contributed by atoms with E-state index in [1.807, 2.05) is 0 Å². The van der Waals surface area contributed by atoms with Gasteiger partial charge >= 0.3 is 11.9 Å². The van der Waals surface area contributed by atoms with E-state index in [9.17, 15) is 23.5 Å². The van der Waals surface area contributed by atoms with Gasteiger partial charge < -0.3 is 14.6 Å².